The molecule has 1 aromatic heterocycles. The molecule has 182 valence electrons. The van der Waals surface area contributed by atoms with E-state index in [2.05, 4.69) is 36.1 Å². The monoisotopic (exact) mass is 471 g/mol. The maximum absolute atomic E-state index is 13.9. The molecule has 2 aromatic carbocycles. The van der Waals surface area contributed by atoms with Gasteiger partial charge in [0.2, 0.25) is 11.8 Å². The van der Waals surface area contributed by atoms with E-state index in [1.165, 1.54) is 5.56 Å². The summed E-state index contributed by atoms with van der Waals surface area (Å²) < 4.78 is 11.6. The zero-order valence-corrected chi connectivity index (χ0v) is 20.6. The van der Waals surface area contributed by atoms with Crippen molar-refractivity contribution in [2.45, 2.75) is 50.9 Å². The highest BCUT2D eigenvalue weighted by atomic mass is 16.5. The molecule has 0 aliphatic carbocycles. The lowest BCUT2D eigenvalue weighted by Crippen LogP contribution is -2.52. The van der Waals surface area contributed by atoms with E-state index in [0.29, 0.717) is 32.2 Å². The molecule has 3 aromatic rings. The predicted octanol–water partition coefficient (Wildman–Crippen LogP) is 5.34. The number of carbonyl (C=O) groups is 1. The number of carbonyl (C=O) groups excluding carboxylic acids is 1. The van der Waals surface area contributed by atoms with Gasteiger partial charge in [-0.1, -0.05) is 48.0 Å². The summed E-state index contributed by atoms with van der Waals surface area (Å²) in [6, 6.07) is 20.0. The third-order valence-electron chi connectivity index (χ3n) is 7.32. The second-order valence-corrected chi connectivity index (χ2v) is 9.75. The van der Waals surface area contributed by atoms with Gasteiger partial charge in [-0.05, 0) is 57.2 Å². The molecule has 2 fully saturated rings. The fourth-order valence-electron chi connectivity index (χ4n) is 5.27. The second-order valence-electron chi connectivity index (χ2n) is 9.75. The zero-order valence-electron chi connectivity index (χ0n) is 20.6. The first-order chi connectivity index (χ1) is 17.0. The van der Waals surface area contributed by atoms with Crippen LogP contribution in [0.15, 0.2) is 60.7 Å². The predicted molar refractivity (Wildman–Crippen MR) is 135 cm³/mol. The maximum Gasteiger partial charge on any atom is 0.233 e. The van der Waals surface area contributed by atoms with E-state index in [-0.39, 0.29) is 11.8 Å². The number of para-hydroxylation sites is 1. The van der Waals surface area contributed by atoms with Crippen molar-refractivity contribution in [3.8, 4) is 11.6 Å². The van der Waals surface area contributed by atoms with Crippen LogP contribution in [-0.4, -0.2) is 47.1 Å². The lowest BCUT2D eigenvalue weighted by molar-refractivity contribution is -0.142. The van der Waals surface area contributed by atoms with E-state index >= 15 is 0 Å². The highest BCUT2D eigenvalue weighted by Crippen LogP contribution is 2.39. The van der Waals surface area contributed by atoms with Crippen molar-refractivity contribution < 1.29 is 14.3 Å². The van der Waals surface area contributed by atoms with Crippen LogP contribution in [0.25, 0.3) is 0 Å². The minimum absolute atomic E-state index is 0.210. The van der Waals surface area contributed by atoms with Crippen LogP contribution >= 0.6 is 0 Å². The van der Waals surface area contributed by atoms with E-state index in [1.54, 1.807) is 0 Å². The number of ether oxygens (including phenoxy) is 2. The zero-order chi connectivity index (χ0) is 24.3. The van der Waals surface area contributed by atoms with E-state index < -0.39 is 5.41 Å². The van der Waals surface area contributed by atoms with Crippen molar-refractivity contribution in [3.63, 3.8) is 0 Å². The third-order valence-corrected chi connectivity index (χ3v) is 7.32. The van der Waals surface area contributed by atoms with Crippen LogP contribution in [0.4, 0.5) is 0 Å². The van der Waals surface area contributed by atoms with Crippen molar-refractivity contribution in [2.75, 3.05) is 26.3 Å². The Hall–Kier alpha value is -3.25. The van der Waals surface area contributed by atoms with Crippen LogP contribution < -0.4 is 4.74 Å². The molecule has 5 rings (SSSR count). The molecule has 3 heterocycles. The van der Waals surface area contributed by atoms with Crippen LogP contribution in [0.3, 0.4) is 0 Å². The molecular formula is C29H33N3O3. The van der Waals surface area contributed by atoms with Gasteiger partial charge in [-0.25, -0.2) is 4.98 Å². The Morgan fingerprint density at radius 3 is 2.34 bits per heavy atom. The lowest BCUT2D eigenvalue weighted by Gasteiger charge is -2.42. The molecule has 0 spiro atoms. The highest BCUT2D eigenvalue weighted by molar-refractivity contribution is 5.88. The van der Waals surface area contributed by atoms with Gasteiger partial charge < -0.3 is 14.4 Å². The molecule has 2 aliphatic rings. The fourth-order valence-corrected chi connectivity index (χ4v) is 5.27. The highest BCUT2D eigenvalue weighted by Gasteiger charge is 2.44. The number of piperidine rings is 1. The first-order valence-corrected chi connectivity index (χ1v) is 12.6. The molecule has 6 nitrogen and oxygen atoms in total. The second kappa shape index (κ2) is 10.2. The molecule has 0 atom stereocenters. The van der Waals surface area contributed by atoms with Gasteiger partial charge in [0.05, 0.1) is 5.41 Å². The molecule has 6 heteroatoms. The maximum atomic E-state index is 13.9. The number of rotatable bonds is 5. The van der Waals surface area contributed by atoms with Gasteiger partial charge in [-0.15, -0.1) is 0 Å². The number of nitrogens with zero attached hydrogens (tertiary/aromatic N) is 3. The summed E-state index contributed by atoms with van der Waals surface area (Å²) in [5, 5.41) is 0. The molecule has 0 bridgehead atoms. The number of benzene rings is 2. The molecule has 2 aliphatic heterocycles. The molecule has 2 saturated heterocycles. The fraction of sp³-hybridized carbons (Fsp3) is 0.414. The van der Waals surface area contributed by atoms with E-state index in [0.717, 1.165) is 48.5 Å². The number of aryl methyl sites for hydroxylation is 2. The minimum Gasteiger partial charge on any atom is -0.439 e. The summed E-state index contributed by atoms with van der Waals surface area (Å²) in [6.07, 6.45) is 3.16. The molecule has 35 heavy (non-hydrogen) atoms. The Morgan fingerprint density at radius 1 is 0.971 bits per heavy atom. The van der Waals surface area contributed by atoms with Gasteiger partial charge in [0.15, 0.2) is 0 Å². The van der Waals surface area contributed by atoms with E-state index in [9.17, 15) is 4.79 Å². The molecule has 0 saturated carbocycles. The Labute approximate surface area is 207 Å². The van der Waals surface area contributed by atoms with Crippen molar-refractivity contribution in [1.29, 1.82) is 0 Å². The van der Waals surface area contributed by atoms with Crippen LogP contribution in [0.5, 0.6) is 11.6 Å². The Bertz CT molecular complexity index is 1150. The van der Waals surface area contributed by atoms with Gasteiger partial charge in [0.1, 0.15) is 11.6 Å². The number of hydrogen-bond acceptors (Lipinski definition) is 5. The van der Waals surface area contributed by atoms with Crippen molar-refractivity contribution >= 4 is 5.91 Å². The van der Waals surface area contributed by atoms with Crippen molar-refractivity contribution in [3.05, 3.63) is 83.3 Å². The summed E-state index contributed by atoms with van der Waals surface area (Å²) in [7, 11) is 0. The van der Waals surface area contributed by atoms with Crippen molar-refractivity contribution in [2.24, 2.45) is 0 Å². The van der Waals surface area contributed by atoms with E-state index in [4.69, 9.17) is 19.4 Å². The summed E-state index contributed by atoms with van der Waals surface area (Å²) >= 11 is 0. The Morgan fingerprint density at radius 2 is 1.66 bits per heavy atom. The molecule has 0 unspecified atom stereocenters. The average Bonchev–Trinajstić information content (AvgIpc) is 2.89. The van der Waals surface area contributed by atoms with Crippen LogP contribution in [0.1, 0.15) is 54.2 Å². The first-order valence-electron chi connectivity index (χ1n) is 12.6. The molecule has 1 amide bonds. The minimum atomic E-state index is -0.491. The Balaban J connectivity index is 1.30. The topological polar surface area (TPSA) is 64.6 Å². The standard InChI is InChI=1S/C29H33N3O3/c1-21-8-10-24(11-9-21)29(14-18-34-19-15-29)28(33)32-16-12-23(13-17-32)27-30-22(2)20-26(31-27)35-25-6-4-3-5-7-25/h3-11,20,23H,12-19H2,1-2H3. The molecule has 0 N–H and O–H groups in total. The smallest absolute Gasteiger partial charge is 0.233 e. The van der Waals surface area contributed by atoms with Gasteiger partial charge in [-0.2, -0.15) is 4.98 Å². The Kier molecular flexibility index (Phi) is 6.82. The number of amides is 1. The SMILES string of the molecule is Cc1ccc(C2(C(=O)N3CCC(c4nc(C)cc(Oc5ccccc5)n4)CC3)CCOCC2)cc1. The first kappa shape index (κ1) is 23.5. The summed E-state index contributed by atoms with van der Waals surface area (Å²) in [5.41, 5.74) is 2.72. The van der Waals surface area contributed by atoms with Crippen LogP contribution in [0.2, 0.25) is 0 Å². The average molecular weight is 472 g/mol. The summed E-state index contributed by atoms with van der Waals surface area (Å²) in [5.74, 6) is 2.58. The molecule has 0 radical (unpaired) electrons. The van der Waals surface area contributed by atoms with Crippen LogP contribution in [-0.2, 0) is 14.9 Å². The van der Waals surface area contributed by atoms with Crippen LogP contribution in [0, 0.1) is 13.8 Å². The summed E-state index contributed by atoms with van der Waals surface area (Å²) in [4.78, 5) is 25.4. The van der Waals surface area contributed by atoms with Gasteiger partial charge >= 0.3 is 0 Å². The number of likely N-dealkylation sites (tertiary alicyclic amines) is 1. The molecular weight excluding hydrogens is 438 g/mol. The van der Waals surface area contributed by atoms with Gasteiger partial charge in [0.25, 0.3) is 0 Å². The van der Waals surface area contributed by atoms with Gasteiger partial charge in [0, 0.05) is 44.0 Å². The number of hydrogen-bond donors (Lipinski definition) is 0. The normalized spacial score (nSPS) is 18.3. The summed E-state index contributed by atoms with van der Waals surface area (Å²) in [6.45, 7) is 6.72. The third kappa shape index (κ3) is 5.08. The van der Waals surface area contributed by atoms with E-state index in [1.807, 2.05) is 43.3 Å². The van der Waals surface area contributed by atoms with Gasteiger partial charge in [-0.3, -0.25) is 4.79 Å². The quantitative estimate of drug-likeness (QED) is 0.503. The number of aromatic nitrogens is 2. The van der Waals surface area contributed by atoms with Crippen molar-refractivity contribution in [1.82, 2.24) is 14.9 Å². The largest absolute Gasteiger partial charge is 0.439 e. The lowest BCUT2D eigenvalue weighted by atomic mass is 9.72.